The van der Waals surface area contributed by atoms with Gasteiger partial charge in [-0.2, -0.15) is 0 Å². The Kier molecular flexibility index (Phi) is 2.05. The van der Waals surface area contributed by atoms with E-state index in [-0.39, 0.29) is 0 Å². The number of halogens is 1. The van der Waals surface area contributed by atoms with E-state index < -0.39 is 0 Å². The molecule has 0 N–H and O–H groups in total. The van der Waals surface area contributed by atoms with Gasteiger partial charge in [-0.3, -0.25) is 4.98 Å². The third-order valence-electron chi connectivity index (χ3n) is 2.19. The lowest BCUT2D eigenvalue weighted by atomic mass is 10.4. The van der Waals surface area contributed by atoms with E-state index in [0.717, 1.165) is 10.5 Å². The van der Waals surface area contributed by atoms with Crippen LogP contribution in [0.15, 0.2) is 22.9 Å². The highest BCUT2D eigenvalue weighted by Crippen LogP contribution is 2.30. The summed E-state index contributed by atoms with van der Waals surface area (Å²) in [6.07, 6.45) is 6.36. The van der Waals surface area contributed by atoms with Crippen molar-refractivity contribution < 1.29 is 0 Å². The maximum absolute atomic E-state index is 4.13. The van der Waals surface area contributed by atoms with Gasteiger partial charge in [0.25, 0.3) is 0 Å². The zero-order chi connectivity index (χ0) is 8.55. The molecule has 1 aliphatic rings. The number of hydrogen-bond acceptors (Lipinski definition) is 2. The van der Waals surface area contributed by atoms with Gasteiger partial charge in [-0.15, -0.1) is 0 Å². The van der Waals surface area contributed by atoms with Crippen molar-refractivity contribution in [2.45, 2.75) is 18.9 Å². The molecule has 0 atom stereocenters. The van der Waals surface area contributed by atoms with E-state index in [1.165, 1.54) is 18.5 Å². The molecule has 0 bridgehead atoms. The zero-order valence-corrected chi connectivity index (χ0v) is 8.58. The fourth-order valence-electron chi connectivity index (χ4n) is 1.27. The summed E-state index contributed by atoms with van der Waals surface area (Å²) < 4.78 is 1.05. The molecule has 1 aromatic heterocycles. The summed E-state index contributed by atoms with van der Waals surface area (Å²) in [5, 5.41) is 0. The molecule has 0 radical (unpaired) electrons. The van der Waals surface area contributed by atoms with Gasteiger partial charge in [-0.05, 0) is 34.8 Å². The summed E-state index contributed by atoms with van der Waals surface area (Å²) in [5.41, 5.74) is 1.20. The minimum absolute atomic E-state index is 0.751. The maximum atomic E-state index is 4.13. The number of rotatable bonds is 2. The Balaban J connectivity index is 2.20. The number of anilines is 1. The minimum atomic E-state index is 0.751. The molecule has 0 spiro atoms. The van der Waals surface area contributed by atoms with Gasteiger partial charge < -0.3 is 4.90 Å². The van der Waals surface area contributed by atoms with E-state index in [0.29, 0.717) is 0 Å². The van der Waals surface area contributed by atoms with Crippen molar-refractivity contribution in [3.05, 3.63) is 22.9 Å². The highest BCUT2D eigenvalue weighted by atomic mass is 79.9. The molecule has 0 aliphatic heterocycles. The first-order chi connectivity index (χ1) is 5.77. The van der Waals surface area contributed by atoms with Crippen molar-refractivity contribution in [2.75, 3.05) is 11.9 Å². The molecule has 0 saturated heterocycles. The second-order valence-electron chi connectivity index (χ2n) is 3.20. The largest absolute Gasteiger partial charge is 0.370 e. The fraction of sp³-hybridized carbons (Fsp3) is 0.444. The molecule has 1 aromatic rings. The monoisotopic (exact) mass is 226 g/mol. The van der Waals surface area contributed by atoms with Crippen LogP contribution in [0.25, 0.3) is 0 Å². The second kappa shape index (κ2) is 3.05. The molecule has 2 nitrogen and oxygen atoms in total. The summed E-state index contributed by atoms with van der Waals surface area (Å²) in [7, 11) is 2.13. The molecule has 2 rings (SSSR count). The Morgan fingerprint density at radius 2 is 2.25 bits per heavy atom. The highest BCUT2D eigenvalue weighted by Gasteiger charge is 2.26. The van der Waals surface area contributed by atoms with E-state index in [4.69, 9.17) is 0 Å². The Labute approximate surface area is 80.7 Å². The molecule has 12 heavy (non-hydrogen) atoms. The first-order valence-electron chi connectivity index (χ1n) is 4.11. The van der Waals surface area contributed by atoms with E-state index in [2.05, 4.69) is 38.9 Å². The van der Waals surface area contributed by atoms with Gasteiger partial charge in [-0.1, -0.05) is 0 Å². The lowest BCUT2D eigenvalue weighted by molar-refractivity contribution is 0.911. The average molecular weight is 227 g/mol. The van der Waals surface area contributed by atoms with Gasteiger partial charge in [0.1, 0.15) is 0 Å². The lowest BCUT2D eigenvalue weighted by Crippen LogP contribution is -2.19. The van der Waals surface area contributed by atoms with Crippen LogP contribution in [0.4, 0.5) is 5.69 Å². The van der Waals surface area contributed by atoms with Crippen molar-refractivity contribution in [3.63, 3.8) is 0 Å². The Morgan fingerprint density at radius 3 is 2.83 bits per heavy atom. The summed E-state index contributed by atoms with van der Waals surface area (Å²) >= 11 is 3.41. The van der Waals surface area contributed by atoms with Crippen molar-refractivity contribution in [3.8, 4) is 0 Å². The van der Waals surface area contributed by atoms with Crippen molar-refractivity contribution in [2.24, 2.45) is 0 Å². The van der Waals surface area contributed by atoms with E-state index in [9.17, 15) is 0 Å². The van der Waals surface area contributed by atoms with Crippen LogP contribution in [0, 0.1) is 0 Å². The molecular formula is C9H11BrN2. The van der Waals surface area contributed by atoms with Gasteiger partial charge in [0, 0.05) is 23.8 Å². The van der Waals surface area contributed by atoms with Crippen molar-refractivity contribution in [1.29, 1.82) is 0 Å². The molecule has 1 saturated carbocycles. The number of aromatic nitrogens is 1. The van der Waals surface area contributed by atoms with Crippen LogP contribution < -0.4 is 4.90 Å². The molecular weight excluding hydrogens is 216 g/mol. The quantitative estimate of drug-likeness (QED) is 0.771. The molecule has 1 heterocycles. The zero-order valence-electron chi connectivity index (χ0n) is 7.00. The predicted molar refractivity (Wildman–Crippen MR) is 53.4 cm³/mol. The topological polar surface area (TPSA) is 16.1 Å². The summed E-state index contributed by atoms with van der Waals surface area (Å²) in [4.78, 5) is 6.42. The number of hydrogen-bond donors (Lipinski definition) is 0. The average Bonchev–Trinajstić information content (AvgIpc) is 2.85. The van der Waals surface area contributed by atoms with Gasteiger partial charge in [0.15, 0.2) is 0 Å². The van der Waals surface area contributed by atoms with Gasteiger partial charge in [-0.25, -0.2) is 0 Å². The predicted octanol–water partition coefficient (Wildman–Crippen LogP) is 2.44. The Morgan fingerprint density at radius 1 is 1.50 bits per heavy atom. The van der Waals surface area contributed by atoms with Gasteiger partial charge in [0.05, 0.1) is 11.9 Å². The standard InChI is InChI=1S/C9H11BrN2/c1-12(8-2-3-8)9-4-7(10)5-11-6-9/h4-6,8H,2-3H2,1H3. The second-order valence-corrected chi connectivity index (χ2v) is 4.12. The van der Waals surface area contributed by atoms with E-state index >= 15 is 0 Å². The van der Waals surface area contributed by atoms with Crippen LogP contribution in [0.5, 0.6) is 0 Å². The van der Waals surface area contributed by atoms with Crippen molar-refractivity contribution >= 4 is 21.6 Å². The molecule has 64 valence electrons. The number of nitrogens with zero attached hydrogens (tertiary/aromatic N) is 2. The normalized spacial score (nSPS) is 16.2. The third kappa shape index (κ3) is 1.61. The van der Waals surface area contributed by atoms with Crippen molar-refractivity contribution in [1.82, 2.24) is 4.98 Å². The van der Waals surface area contributed by atoms with Gasteiger partial charge in [0.2, 0.25) is 0 Å². The SMILES string of the molecule is CN(c1cncc(Br)c1)C1CC1. The maximum Gasteiger partial charge on any atom is 0.0563 e. The Bertz CT molecular complexity index is 284. The third-order valence-corrected chi connectivity index (χ3v) is 2.63. The van der Waals surface area contributed by atoms with Crippen LogP contribution in [0.3, 0.4) is 0 Å². The number of pyridine rings is 1. The molecule has 1 fully saturated rings. The highest BCUT2D eigenvalue weighted by molar-refractivity contribution is 9.10. The van der Waals surface area contributed by atoms with Crippen LogP contribution in [-0.4, -0.2) is 18.1 Å². The summed E-state index contributed by atoms with van der Waals surface area (Å²) in [6, 6.07) is 2.85. The molecule has 1 aliphatic carbocycles. The molecule has 0 aromatic carbocycles. The van der Waals surface area contributed by atoms with Crippen LogP contribution in [0.2, 0.25) is 0 Å². The molecule has 3 heteroatoms. The van der Waals surface area contributed by atoms with E-state index in [1.54, 1.807) is 0 Å². The molecule has 0 amide bonds. The first-order valence-corrected chi connectivity index (χ1v) is 4.90. The first kappa shape index (κ1) is 8.05. The van der Waals surface area contributed by atoms with E-state index in [1.807, 2.05) is 12.4 Å². The van der Waals surface area contributed by atoms with Crippen LogP contribution in [-0.2, 0) is 0 Å². The fourth-order valence-corrected chi connectivity index (χ4v) is 1.62. The lowest BCUT2D eigenvalue weighted by Gasteiger charge is -2.17. The smallest absolute Gasteiger partial charge is 0.0563 e. The van der Waals surface area contributed by atoms with Gasteiger partial charge >= 0.3 is 0 Å². The van der Waals surface area contributed by atoms with Crippen LogP contribution >= 0.6 is 15.9 Å². The van der Waals surface area contributed by atoms with Crippen LogP contribution in [0.1, 0.15) is 12.8 Å². The molecule has 0 unspecified atom stereocenters. The Hall–Kier alpha value is -0.570. The minimum Gasteiger partial charge on any atom is -0.370 e. The summed E-state index contributed by atoms with van der Waals surface area (Å²) in [6.45, 7) is 0. The summed E-state index contributed by atoms with van der Waals surface area (Å²) in [5.74, 6) is 0.